The highest BCUT2D eigenvalue weighted by atomic mass is 32.2. The second-order valence-electron chi connectivity index (χ2n) is 6.01. The third-order valence-corrected chi connectivity index (χ3v) is 4.96. The lowest BCUT2D eigenvalue weighted by Crippen LogP contribution is -2.15. The summed E-state index contributed by atoms with van der Waals surface area (Å²) in [7, 11) is 0. The van der Waals surface area contributed by atoms with Crippen LogP contribution in [0.2, 0.25) is 0 Å². The molecule has 2 aromatic carbocycles. The minimum Gasteiger partial charge on any atom is -0.494 e. The van der Waals surface area contributed by atoms with Crippen LogP contribution in [0.3, 0.4) is 0 Å². The number of benzene rings is 2. The molecular formula is C20H22N4O2S. The minimum absolute atomic E-state index is 0.0823. The number of nitrogens with zero attached hydrogens (tertiary/aromatic N) is 2. The Kier molecular flexibility index (Phi) is 6.13. The molecule has 0 saturated carbocycles. The van der Waals surface area contributed by atoms with Gasteiger partial charge in [-0.1, -0.05) is 23.9 Å². The van der Waals surface area contributed by atoms with Gasteiger partial charge in [-0.15, -0.1) is 5.10 Å². The molecule has 0 aliphatic heterocycles. The number of aromatic nitrogens is 3. The van der Waals surface area contributed by atoms with E-state index in [2.05, 4.69) is 20.5 Å². The van der Waals surface area contributed by atoms with Crippen LogP contribution < -0.4 is 10.1 Å². The van der Waals surface area contributed by atoms with Crippen LogP contribution in [0.1, 0.15) is 18.1 Å². The predicted molar refractivity (Wildman–Crippen MR) is 108 cm³/mol. The van der Waals surface area contributed by atoms with Crippen molar-refractivity contribution in [2.24, 2.45) is 0 Å². The van der Waals surface area contributed by atoms with Crippen molar-refractivity contribution in [2.75, 3.05) is 17.7 Å². The molecular weight excluding hydrogens is 360 g/mol. The molecule has 3 aromatic rings. The number of rotatable bonds is 7. The Morgan fingerprint density at radius 2 is 1.96 bits per heavy atom. The zero-order chi connectivity index (χ0) is 19.2. The highest BCUT2D eigenvalue weighted by Crippen LogP contribution is 2.22. The van der Waals surface area contributed by atoms with Crippen LogP contribution in [-0.4, -0.2) is 33.4 Å². The van der Waals surface area contributed by atoms with Gasteiger partial charge in [0, 0.05) is 11.3 Å². The number of amides is 1. The van der Waals surface area contributed by atoms with Gasteiger partial charge >= 0.3 is 0 Å². The number of carbonyl (C=O) groups excluding carboxylic acids is 1. The van der Waals surface area contributed by atoms with E-state index in [4.69, 9.17) is 4.74 Å². The average Bonchev–Trinajstić information content (AvgIpc) is 3.14. The fraction of sp³-hybridized carbons (Fsp3) is 0.250. The minimum atomic E-state index is -0.0823. The highest BCUT2D eigenvalue weighted by molar-refractivity contribution is 7.99. The Bertz CT molecular complexity index is 922. The average molecular weight is 382 g/mol. The Hall–Kier alpha value is -2.80. The van der Waals surface area contributed by atoms with Gasteiger partial charge in [-0.3, -0.25) is 9.89 Å². The van der Waals surface area contributed by atoms with Crippen molar-refractivity contribution < 1.29 is 9.53 Å². The van der Waals surface area contributed by atoms with Crippen molar-refractivity contribution in [3.63, 3.8) is 0 Å². The molecule has 0 radical (unpaired) electrons. The second-order valence-corrected chi connectivity index (χ2v) is 6.95. The van der Waals surface area contributed by atoms with E-state index in [0.29, 0.717) is 17.6 Å². The zero-order valence-electron chi connectivity index (χ0n) is 15.6. The quantitative estimate of drug-likeness (QED) is 0.598. The molecule has 1 aromatic heterocycles. The lowest BCUT2D eigenvalue weighted by atomic mass is 10.1. The standard InChI is InChI=1S/C20H22N4O2S/c1-4-26-16-10-8-15(9-11-16)19-22-20(24-23-19)27-12-18(25)21-17-7-5-6-13(2)14(17)3/h5-11H,4,12H2,1-3H3,(H,21,25)(H,22,23,24). The number of hydrogen-bond donors (Lipinski definition) is 2. The van der Waals surface area contributed by atoms with E-state index in [0.717, 1.165) is 28.1 Å². The maximum Gasteiger partial charge on any atom is 0.234 e. The zero-order valence-corrected chi connectivity index (χ0v) is 16.4. The van der Waals surface area contributed by atoms with E-state index >= 15 is 0 Å². The summed E-state index contributed by atoms with van der Waals surface area (Å²) in [6.45, 7) is 6.60. The molecule has 1 heterocycles. The molecule has 0 fully saturated rings. The summed E-state index contributed by atoms with van der Waals surface area (Å²) in [5.74, 6) is 1.64. The maximum absolute atomic E-state index is 12.2. The van der Waals surface area contributed by atoms with Crippen LogP contribution in [0.4, 0.5) is 5.69 Å². The summed E-state index contributed by atoms with van der Waals surface area (Å²) < 4.78 is 5.44. The molecule has 0 atom stereocenters. The summed E-state index contributed by atoms with van der Waals surface area (Å²) in [5.41, 5.74) is 3.98. The topological polar surface area (TPSA) is 79.9 Å². The van der Waals surface area contributed by atoms with E-state index < -0.39 is 0 Å². The fourth-order valence-electron chi connectivity index (χ4n) is 2.52. The SMILES string of the molecule is CCOc1ccc(-c2nc(SCC(=O)Nc3cccc(C)c3C)n[nH]2)cc1. The molecule has 0 aliphatic rings. The molecule has 2 N–H and O–H groups in total. The Morgan fingerprint density at radius 3 is 2.70 bits per heavy atom. The molecule has 7 heteroatoms. The largest absolute Gasteiger partial charge is 0.494 e. The second kappa shape index (κ2) is 8.73. The number of thioether (sulfide) groups is 1. The van der Waals surface area contributed by atoms with E-state index in [1.54, 1.807) is 0 Å². The smallest absolute Gasteiger partial charge is 0.234 e. The first-order valence-electron chi connectivity index (χ1n) is 8.71. The summed E-state index contributed by atoms with van der Waals surface area (Å²) in [6, 6.07) is 13.5. The van der Waals surface area contributed by atoms with E-state index in [-0.39, 0.29) is 11.7 Å². The first-order chi connectivity index (χ1) is 13.1. The normalized spacial score (nSPS) is 10.6. The third kappa shape index (κ3) is 4.89. The predicted octanol–water partition coefficient (Wildman–Crippen LogP) is 4.22. The van der Waals surface area contributed by atoms with Gasteiger partial charge in [0.05, 0.1) is 12.4 Å². The highest BCUT2D eigenvalue weighted by Gasteiger charge is 2.10. The van der Waals surface area contributed by atoms with Gasteiger partial charge in [0.2, 0.25) is 11.1 Å². The van der Waals surface area contributed by atoms with Crippen molar-refractivity contribution in [2.45, 2.75) is 25.9 Å². The van der Waals surface area contributed by atoms with Gasteiger partial charge < -0.3 is 10.1 Å². The molecule has 140 valence electrons. The lowest BCUT2D eigenvalue weighted by molar-refractivity contribution is -0.113. The van der Waals surface area contributed by atoms with E-state index in [1.807, 2.05) is 63.2 Å². The van der Waals surface area contributed by atoms with Crippen molar-refractivity contribution in [1.29, 1.82) is 0 Å². The number of aryl methyl sites for hydroxylation is 1. The number of aromatic amines is 1. The van der Waals surface area contributed by atoms with E-state index in [1.165, 1.54) is 11.8 Å². The van der Waals surface area contributed by atoms with Crippen molar-refractivity contribution >= 4 is 23.4 Å². The monoisotopic (exact) mass is 382 g/mol. The molecule has 0 unspecified atom stereocenters. The van der Waals surface area contributed by atoms with Crippen molar-refractivity contribution in [3.8, 4) is 17.1 Å². The summed E-state index contributed by atoms with van der Waals surface area (Å²) in [4.78, 5) is 16.7. The Morgan fingerprint density at radius 1 is 1.19 bits per heavy atom. The van der Waals surface area contributed by atoms with Gasteiger partial charge in [-0.2, -0.15) is 0 Å². The van der Waals surface area contributed by atoms with Gasteiger partial charge in [0.1, 0.15) is 5.75 Å². The number of carbonyl (C=O) groups is 1. The molecule has 0 bridgehead atoms. The van der Waals surface area contributed by atoms with Crippen molar-refractivity contribution in [3.05, 3.63) is 53.6 Å². The van der Waals surface area contributed by atoms with Crippen LogP contribution in [0, 0.1) is 13.8 Å². The summed E-state index contributed by atoms with van der Waals surface area (Å²) >= 11 is 1.29. The molecule has 3 rings (SSSR count). The van der Waals surface area contributed by atoms with Gasteiger partial charge in [-0.25, -0.2) is 4.98 Å². The van der Waals surface area contributed by atoms with Gasteiger partial charge in [-0.05, 0) is 62.2 Å². The molecule has 1 amide bonds. The van der Waals surface area contributed by atoms with Crippen LogP contribution in [0.5, 0.6) is 5.75 Å². The molecule has 6 nitrogen and oxygen atoms in total. The first kappa shape index (κ1) is 19.0. The van der Waals surface area contributed by atoms with Crippen molar-refractivity contribution in [1.82, 2.24) is 15.2 Å². The number of hydrogen-bond acceptors (Lipinski definition) is 5. The Labute approximate surface area is 162 Å². The van der Waals surface area contributed by atoms with E-state index in [9.17, 15) is 4.79 Å². The van der Waals surface area contributed by atoms with Gasteiger partial charge in [0.15, 0.2) is 5.82 Å². The van der Waals surface area contributed by atoms with Crippen LogP contribution in [0.25, 0.3) is 11.4 Å². The molecule has 27 heavy (non-hydrogen) atoms. The summed E-state index contributed by atoms with van der Waals surface area (Å²) in [6.07, 6.45) is 0. The molecule has 0 saturated heterocycles. The third-order valence-electron chi connectivity index (χ3n) is 4.11. The fourth-order valence-corrected chi connectivity index (χ4v) is 3.12. The number of ether oxygens (including phenoxy) is 1. The number of nitrogens with one attached hydrogen (secondary N) is 2. The Balaban J connectivity index is 1.57. The number of H-pyrrole nitrogens is 1. The maximum atomic E-state index is 12.2. The summed E-state index contributed by atoms with van der Waals surface area (Å²) in [5, 5.41) is 10.6. The molecule has 0 aliphatic carbocycles. The first-order valence-corrected chi connectivity index (χ1v) is 9.70. The van der Waals surface area contributed by atoms with Crippen LogP contribution in [-0.2, 0) is 4.79 Å². The molecule has 0 spiro atoms. The van der Waals surface area contributed by atoms with Crippen LogP contribution >= 0.6 is 11.8 Å². The number of anilines is 1. The van der Waals surface area contributed by atoms with Crippen LogP contribution in [0.15, 0.2) is 47.6 Å². The van der Waals surface area contributed by atoms with Gasteiger partial charge in [0.25, 0.3) is 0 Å². The lowest BCUT2D eigenvalue weighted by Gasteiger charge is -2.09.